The number of benzene rings is 1. The van der Waals surface area contributed by atoms with Gasteiger partial charge in [-0.1, -0.05) is 0 Å². The Morgan fingerprint density at radius 2 is 1.71 bits per heavy atom. The van der Waals surface area contributed by atoms with Crippen LogP contribution < -0.4 is 5.73 Å². The highest BCUT2D eigenvalue weighted by atomic mass is 32.2. The van der Waals surface area contributed by atoms with E-state index in [2.05, 4.69) is 0 Å². The Morgan fingerprint density at radius 1 is 1.14 bits per heavy atom. The maximum absolute atomic E-state index is 13.9. The van der Waals surface area contributed by atoms with E-state index in [0.717, 1.165) is 6.07 Å². The number of halogens is 2. The number of hydrogen-bond acceptors (Lipinski definition) is 4. The van der Waals surface area contributed by atoms with E-state index < -0.39 is 38.3 Å². The molecule has 2 aliphatic rings. The van der Waals surface area contributed by atoms with Crippen LogP contribution in [0, 0.1) is 11.6 Å². The largest absolute Gasteiger partial charge is 0.396 e. The van der Waals surface area contributed by atoms with Crippen LogP contribution >= 0.6 is 0 Å². The number of piperidine rings is 1. The lowest BCUT2D eigenvalue weighted by atomic mass is 10.0. The lowest BCUT2D eigenvalue weighted by molar-refractivity contribution is 0.0768. The summed E-state index contributed by atoms with van der Waals surface area (Å²) in [6, 6.07) is 0.636. The molecule has 0 spiro atoms. The Bertz CT molecular complexity index is 666. The van der Waals surface area contributed by atoms with E-state index in [9.17, 15) is 22.3 Å². The first-order valence-corrected chi connectivity index (χ1v) is 8.21. The van der Waals surface area contributed by atoms with Gasteiger partial charge in [0.2, 0.25) is 10.0 Å². The molecule has 0 radical (unpaired) electrons. The summed E-state index contributed by atoms with van der Waals surface area (Å²) in [5.74, 6) is -2.13. The minimum Gasteiger partial charge on any atom is -0.396 e. The average Bonchev–Trinajstić information content (AvgIpc) is 2.67. The molecule has 3 rings (SSSR count). The highest BCUT2D eigenvalue weighted by Gasteiger charge is 2.47. The van der Waals surface area contributed by atoms with Gasteiger partial charge in [0.15, 0.2) is 0 Å². The van der Waals surface area contributed by atoms with Crippen molar-refractivity contribution in [3.8, 4) is 0 Å². The third-order valence-corrected chi connectivity index (χ3v) is 6.27. The number of aliphatic hydroxyl groups excluding tert-OH is 1. The van der Waals surface area contributed by atoms with Crippen LogP contribution in [-0.2, 0) is 10.0 Å². The van der Waals surface area contributed by atoms with Crippen molar-refractivity contribution < 1.29 is 22.3 Å². The fourth-order valence-corrected chi connectivity index (χ4v) is 5.33. The van der Waals surface area contributed by atoms with E-state index in [1.54, 1.807) is 0 Å². The lowest BCUT2D eigenvalue weighted by Gasteiger charge is -2.36. The highest BCUT2D eigenvalue weighted by Crippen LogP contribution is 2.40. The third kappa shape index (κ3) is 2.31. The predicted octanol–water partition coefficient (Wildman–Crippen LogP) is 1.22. The molecule has 0 aromatic heterocycles. The second kappa shape index (κ2) is 4.89. The molecule has 21 heavy (non-hydrogen) atoms. The maximum atomic E-state index is 13.9. The van der Waals surface area contributed by atoms with Crippen LogP contribution in [0.4, 0.5) is 14.5 Å². The van der Waals surface area contributed by atoms with Gasteiger partial charge in [0.25, 0.3) is 0 Å². The van der Waals surface area contributed by atoms with Gasteiger partial charge in [-0.3, -0.25) is 0 Å². The van der Waals surface area contributed by atoms with Gasteiger partial charge in [0.05, 0.1) is 11.8 Å². The molecule has 5 nitrogen and oxygen atoms in total. The number of rotatable bonds is 2. The number of nitrogens with zero attached hydrogens (tertiary/aromatic N) is 1. The normalized spacial score (nSPS) is 29.8. The Balaban J connectivity index is 2.04. The molecule has 2 heterocycles. The summed E-state index contributed by atoms with van der Waals surface area (Å²) in [4.78, 5) is -0.602. The molecule has 2 unspecified atom stereocenters. The van der Waals surface area contributed by atoms with E-state index in [1.165, 1.54) is 4.31 Å². The monoisotopic (exact) mass is 318 g/mol. The molecule has 2 fully saturated rings. The summed E-state index contributed by atoms with van der Waals surface area (Å²) in [7, 11) is -4.09. The van der Waals surface area contributed by atoms with Crippen molar-refractivity contribution in [1.82, 2.24) is 4.31 Å². The van der Waals surface area contributed by atoms with Gasteiger partial charge in [0.1, 0.15) is 16.5 Å². The maximum Gasteiger partial charge on any atom is 0.246 e. The first-order chi connectivity index (χ1) is 9.80. The summed E-state index contributed by atoms with van der Waals surface area (Å²) in [5, 5.41) is 9.71. The van der Waals surface area contributed by atoms with Gasteiger partial charge in [-0.25, -0.2) is 17.2 Å². The molecular weight excluding hydrogens is 302 g/mol. The molecule has 3 N–H and O–H groups in total. The Labute approximate surface area is 121 Å². The summed E-state index contributed by atoms with van der Waals surface area (Å²) in [5.41, 5.74) is 4.95. The standard InChI is InChI=1S/C13H16F2N2O3S/c14-10-5-11(15)13(6-12(10)16)21(19,20)17-7-1-2-8(17)4-9(18)3-7/h5-9,18H,1-4,16H2. The van der Waals surface area contributed by atoms with Crippen molar-refractivity contribution in [2.75, 3.05) is 5.73 Å². The lowest BCUT2D eigenvalue weighted by Crippen LogP contribution is -2.48. The number of aliphatic hydroxyl groups is 1. The smallest absolute Gasteiger partial charge is 0.246 e. The second-order valence-corrected chi connectivity index (χ2v) is 7.46. The van der Waals surface area contributed by atoms with Crippen LogP contribution in [0.3, 0.4) is 0 Å². The fraction of sp³-hybridized carbons (Fsp3) is 0.538. The summed E-state index contributed by atoms with van der Waals surface area (Å²) < 4.78 is 53.7. The van der Waals surface area contributed by atoms with Gasteiger partial charge in [0, 0.05) is 18.2 Å². The van der Waals surface area contributed by atoms with Crippen molar-refractivity contribution in [3.63, 3.8) is 0 Å². The van der Waals surface area contributed by atoms with Crippen molar-refractivity contribution >= 4 is 15.7 Å². The van der Waals surface area contributed by atoms with E-state index in [1.807, 2.05) is 0 Å². The second-order valence-electron chi connectivity index (χ2n) is 5.65. The summed E-state index contributed by atoms with van der Waals surface area (Å²) in [6.07, 6.45) is 1.43. The molecule has 2 saturated heterocycles. The van der Waals surface area contributed by atoms with Crippen molar-refractivity contribution in [2.24, 2.45) is 0 Å². The molecule has 0 aliphatic carbocycles. The topological polar surface area (TPSA) is 83.6 Å². The Hall–Kier alpha value is -1.25. The molecule has 1 aromatic rings. The van der Waals surface area contributed by atoms with E-state index in [4.69, 9.17) is 5.73 Å². The van der Waals surface area contributed by atoms with Crippen LogP contribution in [0.25, 0.3) is 0 Å². The quantitative estimate of drug-likeness (QED) is 0.803. The number of anilines is 1. The van der Waals surface area contributed by atoms with Gasteiger partial charge in [-0.15, -0.1) is 0 Å². The van der Waals surface area contributed by atoms with Gasteiger partial charge in [-0.05, 0) is 31.7 Å². The number of sulfonamides is 1. The summed E-state index contributed by atoms with van der Waals surface area (Å²) >= 11 is 0. The number of fused-ring (bicyclic) bond motifs is 2. The highest BCUT2D eigenvalue weighted by molar-refractivity contribution is 7.89. The van der Waals surface area contributed by atoms with E-state index in [0.29, 0.717) is 31.7 Å². The van der Waals surface area contributed by atoms with Gasteiger partial charge in [-0.2, -0.15) is 4.31 Å². The number of hydrogen-bond donors (Lipinski definition) is 2. The van der Waals surface area contributed by atoms with Crippen molar-refractivity contribution in [1.29, 1.82) is 0 Å². The molecule has 2 atom stereocenters. The Kier molecular flexibility index (Phi) is 3.42. The molecule has 116 valence electrons. The van der Waals surface area contributed by atoms with Gasteiger partial charge >= 0.3 is 0 Å². The predicted molar refractivity (Wildman–Crippen MR) is 71.8 cm³/mol. The molecule has 2 bridgehead atoms. The molecule has 0 amide bonds. The van der Waals surface area contributed by atoms with Crippen LogP contribution in [0.15, 0.2) is 17.0 Å². The minimum atomic E-state index is -4.09. The minimum absolute atomic E-state index is 0.338. The van der Waals surface area contributed by atoms with Crippen molar-refractivity contribution in [2.45, 2.75) is 48.8 Å². The van der Waals surface area contributed by atoms with Crippen molar-refractivity contribution in [3.05, 3.63) is 23.8 Å². The zero-order chi connectivity index (χ0) is 15.4. The van der Waals surface area contributed by atoms with E-state index >= 15 is 0 Å². The third-order valence-electron chi connectivity index (χ3n) is 4.25. The first-order valence-electron chi connectivity index (χ1n) is 6.77. The molecule has 1 aromatic carbocycles. The molecule has 8 heteroatoms. The molecular formula is C13H16F2N2O3S. The Morgan fingerprint density at radius 3 is 2.29 bits per heavy atom. The summed E-state index contributed by atoms with van der Waals surface area (Å²) in [6.45, 7) is 0. The molecule has 2 aliphatic heterocycles. The van der Waals surface area contributed by atoms with Gasteiger partial charge < -0.3 is 10.8 Å². The van der Waals surface area contributed by atoms with Crippen LogP contribution in [0.1, 0.15) is 25.7 Å². The van der Waals surface area contributed by atoms with Crippen LogP contribution in [0.2, 0.25) is 0 Å². The van der Waals surface area contributed by atoms with Crippen LogP contribution in [0.5, 0.6) is 0 Å². The molecule has 0 saturated carbocycles. The number of nitrogens with two attached hydrogens (primary N) is 1. The fourth-order valence-electron chi connectivity index (χ4n) is 3.35. The average molecular weight is 318 g/mol. The van der Waals surface area contributed by atoms with Crippen LogP contribution in [-0.4, -0.2) is 36.0 Å². The zero-order valence-electron chi connectivity index (χ0n) is 11.2. The number of nitrogen functional groups attached to an aromatic ring is 1. The SMILES string of the molecule is Nc1cc(S(=O)(=O)N2C3CCC2CC(O)C3)c(F)cc1F. The first kappa shape index (κ1) is 14.7. The van der Waals surface area contributed by atoms with E-state index in [-0.39, 0.29) is 12.1 Å². The zero-order valence-corrected chi connectivity index (χ0v) is 12.0.